The van der Waals surface area contributed by atoms with Crippen molar-refractivity contribution in [2.75, 3.05) is 0 Å². The first kappa shape index (κ1) is 14.3. The van der Waals surface area contributed by atoms with Crippen LogP contribution in [-0.4, -0.2) is 22.8 Å². The van der Waals surface area contributed by atoms with Crippen LogP contribution in [0.3, 0.4) is 0 Å². The van der Waals surface area contributed by atoms with E-state index < -0.39 is 10.0 Å². The summed E-state index contributed by atoms with van der Waals surface area (Å²) in [5, 5.41) is 0. The number of alkyl halides is 1. The quantitative estimate of drug-likeness (QED) is 0.349. The van der Waals surface area contributed by atoms with E-state index in [1.165, 1.54) is 0 Å². The van der Waals surface area contributed by atoms with E-state index in [0.717, 1.165) is 12.0 Å². The standard InChI is InChI=1S/C13H18INO2S/c1-4-10(3)12-13(14)15(12)18(16,17)11-7-5-9(2)6-8-11/h5-8,10,12-13H,4H2,1-3H3/t10?,12-,13-,15?/m1/s1. The SMILES string of the molecule is CCC(C)[C@@H]1[C@H](I)N1S(=O)(=O)c1ccc(C)cc1. The number of sulfonamides is 1. The molecule has 18 heavy (non-hydrogen) atoms. The second kappa shape index (κ2) is 5.09. The van der Waals surface area contributed by atoms with Crippen LogP contribution in [0.1, 0.15) is 25.8 Å². The molecule has 0 aromatic heterocycles. The van der Waals surface area contributed by atoms with Crippen molar-refractivity contribution in [1.82, 2.24) is 4.31 Å². The van der Waals surface area contributed by atoms with Crippen molar-refractivity contribution in [3.63, 3.8) is 0 Å². The third-order valence-electron chi connectivity index (χ3n) is 3.55. The Hall–Kier alpha value is -0.140. The van der Waals surface area contributed by atoms with E-state index in [0.29, 0.717) is 10.8 Å². The average molecular weight is 379 g/mol. The molecular formula is C13H18INO2S. The molecule has 1 aliphatic heterocycles. The van der Waals surface area contributed by atoms with Gasteiger partial charge >= 0.3 is 0 Å². The first-order valence-electron chi connectivity index (χ1n) is 6.14. The van der Waals surface area contributed by atoms with E-state index in [1.54, 1.807) is 16.4 Å². The lowest BCUT2D eigenvalue weighted by atomic mass is 10.1. The van der Waals surface area contributed by atoms with Crippen molar-refractivity contribution in [2.45, 2.75) is 42.2 Å². The minimum atomic E-state index is -3.31. The second-order valence-electron chi connectivity index (χ2n) is 4.90. The first-order valence-corrected chi connectivity index (χ1v) is 8.82. The molecule has 100 valence electrons. The first-order chi connectivity index (χ1) is 8.39. The summed E-state index contributed by atoms with van der Waals surface area (Å²) in [4.78, 5) is 0.403. The summed E-state index contributed by atoms with van der Waals surface area (Å²) in [5.74, 6) is 0.409. The third kappa shape index (κ3) is 2.44. The summed E-state index contributed by atoms with van der Waals surface area (Å²) in [6, 6.07) is 7.23. The number of aryl methyl sites for hydroxylation is 1. The van der Waals surface area contributed by atoms with Crippen LogP contribution < -0.4 is 0 Å². The van der Waals surface area contributed by atoms with Crippen LogP contribution >= 0.6 is 22.6 Å². The molecule has 4 atom stereocenters. The monoisotopic (exact) mass is 379 g/mol. The molecule has 0 amide bonds. The van der Waals surface area contributed by atoms with E-state index in [9.17, 15) is 8.42 Å². The average Bonchev–Trinajstić information content (AvgIpc) is 3.01. The van der Waals surface area contributed by atoms with Crippen LogP contribution in [0, 0.1) is 12.8 Å². The zero-order valence-corrected chi connectivity index (χ0v) is 13.8. The summed E-state index contributed by atoms with van der Waals surface area (Å²) in [7, 11) is -3.31. The topological polar surface area (TPSA) is 37.1 Å². The Kier molecular flexibility index (Phi) is 4.04. The number of benzene rings is 1. The molecule has 1 fully saturated rings. The maximum atomic E-state index is 12.5. The van der Waals surface area contributed by atoms with Crippen molar-refractivity contribution >= 4 is 32.6 Å². The van der Waals surface area contributed by atoms with Crippen molar-refractivity contribution in [1.29, 1.82) is 0 Å². The van der Waals surface area contributed by atoms with Gasteiger partial charge in [-0.3, -0.25) is 0 Å². The second-order valence-corrected chi connectivity index (χ2v) is 8.02. The smallest absolute Gasteiger partial charge is 0.207 e. The maximum absolute atomic E-state index is 12.5. The Morgan fingerprint density at radius 2 is 1.89 bits per heavy atom. The van der Waals surface area contributed by atoms with Crippen LogP contribution in [-0.2, 0) is 10.0 Å². The summed E-state index contributed by atoms with van der Waals surface area (Å²) in [6.07, 6.45) is 1.00. The van der Waals surface area contributed by atoms with Gasteiger partial charge in [0.2, 0.25) is 10.0 Å². The minimum Gasteiger partial charge on any atom is -0.207 e. The minimum absolute atomic E-state index is 0.101. The fourth-order valence-electron chi connectivity index (χ4n) is 2.09. The van der Waals surface area contributed by atoms with E-state index in [2.05, 4.69) is 36.4 Å². The van der Waals surface area contributed by atoms with Crippen LogP contribution in [0.2, 0.25) is 0 Å². The predicted octanol–water partition coefficient (Wildman–Crippen LogP) is 3.18. The van der Waals surface area contributed by atoms with Gasteiger partial charge in [0.15, 0.2) is 0 Å². The Morgan fingerprint density at radius 3 is 2.39 bits per heavy atom. The van der Waals surface area contributed by atoms with Gasteiger partial charge in [-0.25, -0.2) is 8.42 Å². The maximum Gasteiger partial charge on any atom is 0.244 e. The summed E-state index contributed by atoms with van der Waals surface area (Å²) >= 11 is 2.22. The number of hydrogen-bond donors (Lipinski definition) is 0. The van der Waals surface area contributed by atoms with Crippen molar-refractivity contribution in [3.8, 4) is 0 Å². The Morgan fingerprint density at radius 1 is 1.33 bits per heavy atom. The van der Waals surface area contributed by atoms with E-state index in [1.807, 2.05) is 19.1 Å². The molecule has 0 spiro atoms. The van der Waals surface area contributed by atoms with Gasteiger partial charge in [0.05, 0.1) is 15.0 Å². The van der Waals surface area contributed by atoms with E-state index in [4.69, 9.17) is 0 Å². The fraction of sp³-hybridized carbons (Fsp3) is 0.538. The molecule has 0 bridgehead atoms. The highest BCUT2D eigenvalue weighted by molar-refractivity contribution is 14.1. The Bertz CT molecular complexity index is 526. The molecule has 1 saturated heterocycles. The van der Waals surface area contributed by atoms with E-state index in [-0.39, 0.29) is 10.1 Å². The number of halogens is 1. The molecule has 1 aromatic rings. The Labute approximate surface area is 123 Å². The number of nitrogens with zero attached hydrogens (tertiary/aromatic N) is 1. The molecule has 1 aliphatic rings. The highest BCUT2D eigenvalue weighted by atomic mass is 127. The molecular weight excluding hydrogens is 361 g/mol. The molecule has 1 aromatic carbocycles. The van der Waals surface area contributed by atoms with Crippen LogP contribution in [0.5, 0.6) is 0 Å². The van der Waals surface area contributed by atoms with Gasteiger partial charge in [0, 0.05) is 0 Å². The van der Waals surface area contributed by atoms with Crippen LogP contribution in [0.15, 0.2) is 29.2 Å². The van der Waals surface area contributed by atoms with E-state index >= 15 is 0 Å². The largest absolute Gasteiger partial charge is 0.244 e. The van der Waals surface area contributed by atoms with Gasteiger partial charge in [0.25, 0.3) is 0 Å². The molecule has 0 N–H and O–H groups in total. The summed E-state index contributed by atoms with van der Waals surface area (Å²) in [5.41, 5.74) is 1.07. The van der Waals surface area contributed by atoms with Gasteiger partial charge in [-0.1, -0.05) is 60.6 Å². The van der Waals surface area contributed by atoms with Crippen molar-refractivity contribution in [3.05, 3.63) is 29.8 Å². The van der Waals surface area contributed by atoms with Crippen LogP contribution in [0.25, 0.3) is 0 Å². The highest BCUT2D eigenvalue weighted by Crippen LogP contribution is 2.44. The van der Waals surface area contributed by atoms with Gasteiger partial charge in [-0.15, -0.1) is 0 Å². The molecule has 0 radical (unpaired) electrons. The fourth-order valence-corrected chi connectivity index (χ4v) is 6.15. The van der Waals surface area contributed by atoms with Crippen molar-refractivity contribution < 1.29 is 8.42 Å². The molecule has 1 heterocycles. The van der Waals surface area contributed by atoms with Crippen LogP contribution in [0.4, 0.5) is 0 Å². The normalized spacial score (nSPS) is 29.0. The number of hydrogen-bond acceptors (Lipinski definition) is 2. The van der Waals surface area contributed by atoms with Crippen molar-refractivity contribution in [2.24, 2.45) is 5.92 Å². The molecule has 5 heteroatoms. The molecule has 0 aliphatic carbocycles. The van der Waals surface area contributed by atoms with Gasteiger partial charge in [-0.2, -0.15) is 4.31 Å². The Balaban J connectivity index is 2.26. The molecule has 2 unspecified atom stereocenters. The number of rotatable bonds is 4. The third-order valence-corrected chi connectivity index (χ3v) is 7.16. The highest BCUT2D eigenvalue weighted by Gasteiger charge is 2.55. The summed E-state index contributed by atoms with van der Waals surface area (Å²) < 4.78 is 26.7. The predicted molar refractivity (Wildman–Crippen MR) is 81.3 cm³/mol. The molecule has 0 saturated carbocycles. The zero-order valence-electron chi connectivity index (χ0n) is 10.8. The lowest BCUT2D eigenvalue weighted by Gasteiger charge is -2.09. The van der Waals surface area contributed by atoms with Gasteiger partial charge in [0.1, 0.15) is 0 Å². The molecule has 3 nitrogen and oxygen atoms in total. The van der Waals surface area contributed by atoms with Gasteiger partial charge in [-0.05, 0) is 25.0 Å². The summed E-state index contributed by atoms with van der Waals surface area (Å²) in [6.45, 7) is 6.17. The lowest BCUT2D eigenvalue weighted by molar-refractivity contribution is 0.485. The zero-order chi connectivity index (χ0) is 13.5. The lowest BCUT2D eigenvalue weighted by Crippen LogP contribution is -2.18. The molecule has 2 rings (SSSR count). The van der Waals surface area contributed by atoms with Gasteiger partial charge < -0.3 is 0 Å².